The van der Waals surface area contributed by atoms with Gasteiger partial charge in [-0.25, -0.2) is 0 Å². The number of likely N-dealkylation sites (N-methyl/N-ethyl adjacent to an activating group) is 1. The maximum absolute atomic E-state index is 11.8. The Morgan fingerprint density at radius 1 is 1.42 bits per heavy atom. The number of amides is 1. The molecule has 104 valence electrons. The second kappa shape index (κ2) is 5.93. The molecule has 1 amide bonds. The predicted molar refractivity (Wildman–Crippen MR) is 72.4 cm³/mol. The van der Waals surface area contributed by atoms with Crippen LogP contribution < -0.4 is 15.2 Å². The molecule has 1 heterocycles. The topological polar surface area (TPSA) is 64.8 Å². The van der Waals surface area contributed by atoms with Crippen LogP contribution in [0.4, 0.5) is 0 Å². The van der Waals surface area contributed by atoms with E-state index in [1.54, 1.807) is 19.1 Å². The summed E-state index contributed by atoms with van der Waals surface area (Å²) < 4.78 is 11.1. The van der Waals surface area contributed by atoms with Gasteiger partial charge >= 0.3 is 0 Å². The van der Waals surface area contributed by atoms with E-state index in [2.05, 4.69) is 0 Å². The SMILES string of the molecule is COc1cc(CCN)ccc1OC1CCN(C)C1=O. The lowest BCUT2D eigenvalue weighted by molar-refractivity contribution is -0.132. The zero-order valence-corrected chi connectivity index (χ0v) is 11.4. The number of methoxy groups -OCH3 is 1. The van der Waals surface area contributed by atoms with Crippen LogP contribution in [0.2, 0.25) is 0 Å². The number of hydrogen-bond acceptors (Lipinski definition) is 4. The summed E-state index contributed by atoms with van der Waals surface area (Å²) in [5, 5.41) is 0. The monoisotopic (exact) mass is 264 g/mol. The predicted octanol–water partition coefficient (Wildman–Crippen LogP) is 0.806. The van der Waals surface area contributed by atoms with Gasteiger partial charge < -0.3 is 20.1 Å². The molecule has 0 spiro atoms. The summed E-state index contributed by atoms with van der Waals surface area (Å²) in [7, 11) is 3.38. The molecule has 1 unspecified atom stereocenters. The highest BCUT2D eigenvalue weighted by atomic mass is 16.5. The number of nitrogens with two attached hydrogens (primary N) is 1. The Hall–Kier alpha value is -1.75. The molecule has 1 aliphatic rings. The fraction of sp³-hybridized carbons (Fsp3) is 0.500. The molecule has 0 bridgehead atoms. The maximum Gasteiger partial charge on any atom is 0.263 e. The molecule has 0 aromatic heterocycles. The molecule has 2 rings (SSSR count). The van der Waals surface area contributed by atoms with Crippen molar-refractivity contribution in [2.24, 2.45) is 5.73 Å². The van der Waals surface area contributed by atoms with Gasteiger partial charge in [0, 0.05) is 20.0 Å². The molecule has 1 saturated heterocycles. The van der Waals surface area contributed by atoms with Crippen LogP contribution >= 0.6 is 0 Å². The van der Waals surface area contributed by atoms with E-state index in [0.717, 1.165) is 18.5 Å². The molecule has 1 fully saturated rings. The van der Waals surface area contributed by atoms with Gasteiger partial charge in [0.05, 0.1) is 7.11 Å². The number of hydrogen-bond donors (Lipinski definition) is 1. The molecule has 2 N–H and O–H groups in total. The smallest absolute Gasteiger partial charge is 0.263 e. The Balaban J connectivity index is 2.13. The number of carbonyl (C=O) groups excluding carboxylic acids is 1. The number of rotatable bonds is 5. The van der Waals surface area contributed by atoms with Gasteiger partial charge in [-0.1, -0.05) is 6.07 Å². The molecule has 5 nitrogen and oxygen atoms in total. The number of ether oxygens (including phenoxy) is 2. The first kappa shape index (κ1) is 13.7. The average Bonchev–Trinajstić information content (AvgIpc) is 2.72. The minimum Gasteiger partial charge on any atom is -0.493 e. The van der Waals surface area contributed by atoms with Crippen molar-refractivity contribution in [3.8, 4) is 11.5 Å². The minimum absolute atomic E-state index is 0.0214. The van der Waals surface area contributed by atoms with Crippen molar-refractivity contribution in [3.63, 3.8) is 0 Å². The average molecular weight is 264 g/mol. The molecular weight excluding hydrogens is 244 g/mol. The first-order valence-corrected chi connectivity index (χ1v) is 6.44. The van der Waals surface area contributed by atoms with Crippen LogP contribution in [0.3, 0.4) is 0 Å². The molecule has 1 aromatic carbocycles. The van der Waals surface area contributed by atoms with Gasteiger partial charge in [-0.15, -0.1) is 0 Å². The molecule has 0 aliphatic carbocycles. The highest BCUT2D eigenvalue weighted by Gasteiger charge is 2.31. The lowest BCUT2D eigenvalue weighted by Gasteiger charge is -2.16. The first-order valence-electron chi connectivity index (χ1n) is 6.44. The summed E-state index contributed by atoms with van der Waals surface area (Å²) >= 11 is 0. The van der Waals surface area contributed by atoms with Crippen LogP contribution in [0.5, 0.6) is 11.5 Å². The summed E-state index contributed by atoms with van der Waals surface area (Å²) in [6.45, 7) is 1.33. The Labute approximate surface area is 113 Å². The van der Waals surface area contributed by atoms with Gasteiger partial charge in [-0.05, 0) is 30.7 Å². The van der Waals surface area contributed by atoms with E-state index in [4.69, 9.17) is 15.2 Å². The Kier molecular flexibility index (Phi) is 4.27. The standard InChI is InChI=1S/C14H20N2O3/c1-16-8-6-12(14(16)17)19-11-4-3-10(5-7-15)9-13(11)18-2/h3-4,9,12H,5-8,15H2,1-2H3. The van der Waals surface area contributed by atoms with E-state index in [0.29, 0.717) is 24.5 Å². The van der Waals surface area contributed by atoms with E-state index in [-0.39, 0.29) is 5.91 Å². The second-order valence-corrected chi connectivity index (χ2v) is 4.68. The van der Waals surface area contributed by atoms with Crippen LogP contribution in [-0.4, -0.2) is 44.2 Å². The summed E-state index contributed by atoms with van der Waals surface area (Å²) in [5.41, 5.74) is 6.63. The quantitative estimate of drug-likeness (QED) is 0.854. The van der Waals surface area contributed by atoms with Crippen LogP contribution in [0.15, 0.2) is 18.2 Å². The normalized spacial score (nSPS) is 18.8. The molecule has 1 aliphatic heterocycles. The van der Waals surface area contributed by atoms with Gasteiger partial charge in [0.15, 0.2) is 17.6 Å². The summed E-state index contributed by atoms with van der Waals surface area (Å²) in [6.07, 6.45) is 1.10. The maximum atomic E-state index is 11.8. The van der Waals surface area contributed by atoms with Crippen molar-refractivity contribution in [1.82, 2.24) is 4.90 Å². The Bertz CT molecular complexity index is 462. The van der Waals surface area contributed by atoms with Crippen LogP contribution in [-0.2, 0) is 11.2 Å². The third-order valence-corrected chi connectivity index (χ3v) is 3.31. The number of benzene rings is 1. The molecule has 1 aromatic rings. The fourth-order valence-corrected chi connectivity index (χ4v) is 2.18. The molecule has 0 saturated carbocycles. The lowest BCUT2D eigenvalue weighted by Crippen LogP contribution is -2.29. The van der Waals surface area contributed by atoms with Crippen molar-refractivity contribution in [2.75, 3.05) is 27.2 Å². The number of carbonyl (C=O) groups is 1. The van der Waals surface area contributed by atoms with Crippen molar-refractivity contribution in [3.05, 3.63) is 23.8 Å². The Morgan fingerprint density at radius 3 is 2.79 bits per heavy atom. The molecule has 19 heavy (non-hydrogen) atoms. The summed E-state index contributed by atoms with van der Waals surface area (Å²) in [6, 6.07) is 5.70. The number of likely N-dealkylation sites (tertiary alicyclic amines) is 1. The van der Waals surface area contributed by atoms with Gasteiger partial charge in [0.25, 0.3) is 5.91 Å². The van der Waals surface area contributed by atoms with Crippen LogP contribution in [0, 0.1) is 0 Å². The van der Waals surface area contributed by atoms with Crippen LogP contribution in [0.1, 0.15) is 12.0 Å². The highest BCUT2D eigenvalue weighted by molar-refractivity contribution is 5.83. The zero-order chi connectivity index (χ0) is 13.8. The molecule has 5 heteroatoms. The van der Waals surface area contributed by atoms with Crippen molar-refractivity contribution < 1.29 is 14.3 Å². The number of nitrogens with zero attached hydrogens (tertiary/aromatic N) is 1. The largest absolute Gasteiger partial charge is 0.493 e. The third-order valence-electron chi connectivity index (χ3n) is 3.31. The molecule has 0 radical (unpaired) electrons. The van der Waals surface area contributed by atoms with E-state index >= 15 is 0 Å². The van der Waals surface area contributed by atoms with Crippen molar-refractivity contribution >= 4 is 5.91 Å². The van der Waals surface area contributed by atoms with Gasteiger partial charge in [0.1, 0.15) is 0 Å². The molecule has 1 atom stereocenters. The lowest BCUT2D eigenvalue weighted by atomic mass is 10.1. The molecular formula is C14H20N2O3. The van der Waals surface area contributed by atoms with E-state index in [1.807, 2.05) is 18.2 Å². The van der Waals surface area contributed by atoms with Crippen molar-refractivity contribution in [1.29, 1.82) is 0 Å². The minimum atomic E-state index is -0.403. The first-order chi connectivity index (χ1) is 9.15. The second-order valence-electron chi connectivity index (χ2n) is 4.68. The third kappa shape index (κ3) is 2.98. The van der Waals surface area contributed by atoms with Gasteiger partial charge in [-0.3, -0.25) is 4.79 Å². The van der Waals surface area contributed by atoms with Crippen LogP contribution in [0.25, 0.3) is 0 Å². The van der Waals surface area contributed by atoms with E-state index in [9.17, 15) is 4.79 Å². The summed E-state index contributed by atoms with van der Waals surface area (Å²) in [4.78, 5) is 13.5. The summed E-state index contributed by atoms with van der Waals surface area (Å²) in [5.74, 6) is 1.28. The Morgan fingerprint density at radius 2 is 2.21 bits per heavy atom. The van der Waals surface area contributed by atoms with E-state index < -0.39 is 6.10 Å². The van der Waals surface area contributed by atoms with E-state index in [1.165, 1.54) is 0 Å². The van der Waals surface area contributed by atoms with Gasteiger partial charge in [0.2, 0.25) is 0 Å². The zero-order valence-electron chi connectivity index (χ0n) is 11.4. The van der Waals surface area contributed by atoms with Gasteiger partial charge in [-0.2, -0.15) is 0 Å². The highest BCUT2D eigenvalue weighted by Crippen LogP contribution is 2.30. The van der Waals surface area contributed by atoms with Crippen molar-refractivity contribution in [2.45, 2.75) is 18.9 Å². The fourth-order valence-electron chi connectivity index (χ4n) is 2.18.